The lowest BCUT2D eigenvalue weighted by Gasteiger charge is -2.31. The summed E-state index contributed by atoms with van der Waals surface area (Å²) >= 11 is 0. The standard InChI is InChI=1S/C20H34N4O3/c1-16(2)26-11-8-17(7-9-22-15-25)14-27-19-5-6-20(23-12-19)24-10-3-4-18(21)13-24/h5-6,12,15-18H,3-4,7-11,13-14,21H2,1-2H3,(H,22,25). The minimum atomic E-state index is 0.222. The van der Waals surface area contributed by atoms with E-state index in [1.54, 1.807) is 6.20 Å². The molecular formula is C20H34N4O3. The van der Waals surface area contributed by atoms with Crippen molar-refractivity contribution in [1.82, 2.24) is 10.3 Å². The molecule has 152 valence electrons. The molecule has 1 saturated heterocycles. The number of rotatable bonds is 12. The molecule has 1 fully saturated rings. The molecule has 0 radical (unpaired) electrons. The second-order valence-electron chi connectivity index (χ2n) is 7.45. The number of anilines is 1. The smallest absolute Gasteiger partial charge is 0.207 e. The maximum atomic E-state index is 10.5. The summed E-state index contributed by atoms with van der Waals surface area (Å²) in [4.78, 5) is 17.2. The Balaban J connectivity index is 1.82. The van der Waals surface area contributed by atoms with Crippen molar-refractivity contribution in [3.63, 3.8) is 0 Å². The first-order valence-electron chi connectivity index (χ1n) is 9.96. The highest BCUT2D eigenvalue weighted by Gasteiger charge is 2.18. The summed E-state index contributed by atoms with van der Waals surface area (Å²) in [5, 5.41) is 2.72. The number of hydrogen-bond donors (Lipinski definition) is 2. The molecule has 2 atom stereocenters. The zero-order chi connectivity index (χ0) is 19.5. The van der Waals surface area contributed by atoms with Gasteiger partial charge in [0.05, 0.1) is 18.9 Å². The van der Waals surface area contributed by atoms with E-state index in [1.165, 1.54) is 0 Å². The van der Waals surface area contributed by atoms with Gasteiger partial charge in [-0.25, -0.2) is 4.98 Å². The number of amides is 1. The number of piperidine rings is 1. The number of carbonyl (C=O) groups is 1. The summed E-state index contributed by atoms with van der Waals surface area (Å²) in [5.74, 6) is 2.03. The second-order valence-corrected chi connectivity index (χ2v) is 7.45. The topological polar surface area (TPSA) is 89.7 Å². The average Bonchev–Trinajstić information content (AvgIpc) is 2.66. The largest absolute Gasteiger partial charge is 0.492 e. The van der Waals surface area contributed by atoms with Crippen molar-refractivity contribution < 1.29 is 14.3 Å². The van der Waals surface area contributed by atoms with Crippen LogP contribution < -0.4 is 20.7 Å². The van der Waals surface area contributed by atoms with E-state index in [-0.39, 0.29) is 12.1 Å². The Morgan fingerprint density at radius 2 is 2.26 bits per heavy atom. The van der Waals surface area contributed by atoms with Gasteiger partial charge in [-0.2, -0.15) is 0 Å². The van der Waals surface area contributed by atoms with Crippen LogP contribution in [0, 0.1) is 5.92 Å². The molecule has 1 aromatic rings. The quantitative estimate of drug-likeness (QED) is 0.427. The SMILES string of the molecule is CC(C)OCCC(CCNC=O)COc1ccc(N2CCCC(N)C2)nc1. The Kier molecular flexibility index (Phi) is 9.35. The van der Waals surface area contributed by atoms with Gasteiger partial charge in [-0.05, 0) is 57.6 Å². The highest BCUT2D eigenvalue weighted by molar-refractivity contribution is 5.45. The van der Waals surface area contributed by atoms with Crippen molar-refractivity contribution in [1.29, 1.82) is 0 Å². The Morgan fingerprint density at radius 1 is 1.41 bits per heavy atom. The van der Waals surface area contributed by atoms with Crippen LogP contribution in [-0.4, -0.2) is 56.4 Å². The Morgan fingerprint density at radius 3 is 2.93 bits per heavy atom. The maximum absolute atomic E-state index is 10.5. The van der Waals surface area contributed by atoms with E-state index in [1.807, 2.05) is 26.0 Å². The van der Waals surface area contributed by atoms with Gasteiger partial charge in [0.15, 0.2) is 0 Å². The third kappa shape index (κ3) is 8.13. The molecule has 2 rings (SSSR count). The van der Waals surface area contributed by atoms with Crippen molar-refractivity contribution in [3.8, 4) is 5.75 Å². The number of ether oxygens (including phenoxy) is 2. The van der Waals surface area contributed by atoms with Crippen LogP contribution in [0.4, 0.5) is 5.82 Å². The van der Waals surface area contributed by atoms with Crippen molar-refractivity contribution in [2.45, 2.75) is 51.7 Å². The molecule has 2 heterocycles. The van der Waals surface area contributed by atoms with Crippen molar-refractivity contribution in [3.05, 3.63) is 18.3 Å². The van der Waals surface area contributed by atoms with Crippen LogP contribution in [0.5, 0.6) is 5.75 Å². The first-order chi connectivity index (χ1) is 13.1. The van der Waals surface area contributed by atoms with Crippen LogP contribution in [0.15, 0.2) is 18.3 Å². The minimum Gasteiger partial charge on any atom is -0.492 e. The predicted octanol–water partition coefficient (Wildman–Crippen LogP) is 1.96. The van der Waals surface area contributed by atoms with E-state index in [0.29, 0.717) is 25.7 Å². The number of pyridine rings is 1. The lowest BCUT2D eigenvalue weighted by molar-refractivity contribution is -0.109. The fraction of sp³-hybridized carbons (Fsp3) is 0.700. The van der Waals surface area contributed by atoms with Gasteiger partial charge in [0.1, 0.15) is 11.6 Å². The first kappa shape index (κ1) is 21.4. The summed E-state index contributed by atoms with van der Waals surface area (Å²) in [5.41, 5.74) is 6.05. The average molecular weight is 379 g/mol. The summed E-state index contributed by atoms with van der Waals surface area (Å²) in [6.45, 7) is 7.84. The number of hydrogen-bond acceptors (Lipinski definition) is 6. The molecule has 1 aliphatic heterocycles. The van der Waals surface area contributed by atoms with E-state index in [2.05, 4.69) is 15.2 Å². The number of nitrogens with two attached hydrogens (primary N) is 1. The van der Waals surface area contributed by atoms with E-state index >= 15 is 0 Å². The van der Waals surface area contributed by atoms with E-state index in [9.17, 15) is 4.79 Å². The van der Waals surface area contributed by atoms with Gasteiger partial charge >= 0.3 is 0 Å². The zero-order valence-corrected chi connectivity index (χ0v) is 16.6. The Bertz CT molecular complexity index is 539. The molecule has 1 amide bonds. The molecule has 0 saturated carbocycles. The minimum absolute atomic E-state index is 0.222. The number of nitrogens with one attached hydrogen (secondary N) is 1. The van der Waals surface area contributed by atoms with Crippen molar-refractivity contribution >= 4 is 12.2 Å². The fourth-order valence-electron chi connectivity index (χ4n) is 3.20. The van der Waals surface area contributed by atoms with Gasteiger partial charge in [0.25, 0.3) is 0 Å². The molecule has 1 aromatic heterocycles. The van der Waals surface area contributed by atoms with Crippen LogP contribution >= 0.6 is 0 Å². The van der Waals surface area contributed by atoms with E-state index in [0.717, 1.165) is 56.8 Å². The summed E-state index contributed by atoms with van der Waals surface area (Å²) in [6.07, 6.45) is 6.68. The Labute approximate surface area is 162 Å². The summed E-state index contributed by atoms with van der Waals surface area (Å²) in [6, 6.07) is 4.19. The lowest BCUT2D eigenvalue weighted by Crippen LogP contribution is -2.43. The molecule has 0 spiro atoms. The first-order valence-corrected chi connectivity index (χ1v) is 9.96. The van der Waals surface area contributed by atoms with Crippen molar-refractivity contribution in [2.75, 3.05) is 37.7 Å². The highest BCUT2D eigenvalue weighted by Crippen LogP contribution is 2.20. The lowest BCUT2D eigenvalue weighted by atomic mass is 10.0. The van der Waals surface area contributed by atoms with Crippen LogP contribution in [0.1, 0.15) is 39.5 Å². The molecule has 3 N–H and O–H groups in total. The van der Waals surface area contributed by atoms with Gasteiger partial charge in [-0.1, -0.05) is 0 Å². The summed E-state index contributed by atoms with van der Waals surface area (Å²) < 4.78 is 11.6. The third-order valence-corrected chi connectivity index (χ3v) is 4.75. The highest BCUT2D eigenvalue weighted by atomic mass is 16.5. The summed E-state index contributed by atoms with van der Waals surface area (Å²) in [7, 11) is 0. The fourth-order valence-corrected chi connectivity index (χ4v) is 3.20. The molecule has 0 aliphatic carbocycles. The molecule has 27 heavy (non-hydrogen) atoms. The third-order valence-electron chi connectivity index (χ3n) is 4.75. The normalized spacial score (nSPS) is 18.4. The van der Waals surface area contributed by atoms with Gasteiger partial charge in [0, 0.05) is 32.3 Å². The van der Waals surface area contributed by atoms with Gasteiger partial charge in [-0.15, -0.1) is 0 Å². The van der Waals surface area contributed by atoms with Crippen LogP contribution in [0.25, 0.3) is 0 Å². The maximum Gasteiger partial charge on any atom is 0.207 e. The van der Waals surface area contributed by atoms with Crippen LogP contribution in [-0.2, 0) is 9.53 Å². The monoisotopic (exact) mass is 378 g/mol. The van der Waals surface area contributed by atoms with Gasteiger partial charge in [0.2, 0.25) is 6.41 Å². The number of nitrogens with zero attached hydrogens (tertiary/aromatic N) is 2. The Hall–Kier alpha value is -1.86. The second kappa shape index (κ2) is 11.8. The predicted molar refractivity (Wildman–Crippen MR) is 107 cm³/mol. The van der Waals surface area contributed by atoms with Crippen LogP contribution in [0.2, 0.25) is 0 Å². The van der Waals surface area contributed by atoms with Crippen LogP contribution in [0.3, 0.4) is 0 Å². The number of aromatic nitrogens is 1. The van der Waals surface area contributed by atoms with E-state index in [4.69, 9.17) is 15.2 Å². The molecule has 7 nitrogen and oxygen atoms in total. The van der Waals surface area contributed by atoms with Gasteiger partial charge < -0.3 is 25.4 Å². The molecule has 2 unspecified atom stereocenters. The molecule has 1 aliphatic rings. The number of carbonyl (C=O) groups excluding carboxylic acids is 1. The molecule has 0 bridgehead atoms. The van der Waals surface area contributed by atoms with E-state index < -0.39 is 0 Å². The van der Waals surface area contributed by atoms with Gasteiger partial charge in [-0.3, -0.25) is 4.79 Å². The molecular weight excluding hydrogens is 344 g/mol. The molecule has 7 heteroatoms. The van der Waals surface area contributed by atoms with Crippen molar-refractivity contribution in [2.24, 2.45) is 11.7 Å². The molecule has 0 aromatic carbocycles. The zero-order valence-electron chi connectivity index (χ0n) is 16.6.